The zero-order chi connectivity index (χ0) is 28.2. The molecule has 0 unspecified atom stereocenters. The van der Waals surface area contributed by atoms with Gasteiger partial charge in [-0.05, 0) is 32.1 Å². The third kappa shape index (κ3) is 62.0. The summed E-state index contributed by atoms with van der Waals surface area (Å²) in [5, 5.41) is 24.2. The Morgan fingerprint density at radius 2 is 0.730 bits per heavy atom. The van der Waals surface area contributed by atoms with Crippen LogP contribution in [0.4, 0.5) is 0 Å². The Labute approximate surface area is 246 Å². The summed E-state index contributed by atoms with van der Waals surface area (Å²) in [4.78, 5) is 11.5. The van der Waals surface area contributed by atoms with Crippen LogP contribution in [-0.4, -0.2) is 48.4 Å². The average molecular weight is 592 g/mol. The Morgan fingerprint density at radius 1 is 0.486 bits per heavy atom. The van der Waals surface area contributed by atoms with Gasteiger partial charge in [0.05, 0.1) is 13.2 Å². The number of hydrogen-bond donors (Lipinski definition) is 3. The van der Waals surface area contributed by atoms with Crippen LogP contribution in [0, 0.1) is 0 Å². The Balaban J connectivity index is -0.000000173. The first kappa shape index (κ1) is 47.5. The van der Waals surface area contributed by atoms with Crippen LogP contribution >= 0.6 is 7.82 Å². The maximum atomic E-state index is 11.5. The first-order valence-electron chi connectivity index (χ1n) is 14.8. The number of unbranched alkanes of at least 4 members (excludes halogenated alkanes) is 13. The van der Waals surface area contributed by atoms with Crippen molar-refractivity contribution >= 4 is 7.82 Å². The van der Waals surface area contributed by atoms with Crippen molar-refractivity contribution in [2.75, 3.05) is 33.0 Å². The Hall–Kier alpha value is 0.704. The zero-order valence-corrected chi connectivity index (χ0v) is 27.6. The topological polar surface area (TPSA) is 119 Å². The Kier molecular flexibility index (Phi) is 59.7. The molecule has 3 N–H and O–H groups in total. The van der Waals surface area contributed by atoms with E-state index in [1.165, 1.54) is 38.5 Å². The molecule has 0 aliphatic carbocycles. The van der Waals surface area contributed by atoms with Gasteiger partial charge in [0.15, 0.2) is 0 Å². The molecule has 0 aliphatic rings. The van der Waals surface area contributed by atoms with Crippen LogP contribution in [0.25, 0.3) is 0 Å². The number of phosphoric ester groups is 1. The molecule has 0 heterocycles. The summed E-state index contributed by atoms with van der Waals surface area (Å²) in [5.41, 5.74) is 0. The molecule has 37 heavy (non-hydrogen) atoms. The summed E-state index contributed by atoms with van der Waals surface area (Å²) < 4.78 is 21.2. The van der Waals surface area contributed by atoms with Crippen LogP contribution in [0.2, 0.25) is 0 Å². The van der Waals surface area contributed by atoms with Crippen molar-refractivity contribution in [1.29, 1.82) is 0 Å². The molecule has 7 nitrogen and oxygen atoms in total. The average Bonchev–Trinajstić information content (AvgIpc) is 2.85. The van der Waals surface area contributed by atoms with Crippen molar-refractivity contribution in [3.63, 3.8) is 0 Å². The van der Waals surface area contributed by atoms with Crippen LogP contribution in [-0.2, 0) is 35.3 Å². The zero-order valence-electron chi connectivity index (χ0n) is 25.2. The SMILES string of the molecule is CCCCCCCCOP(=O)([O-])OCCCCCCCC.CCCCO.CCCCO.CCCCO.[Ti]. The molecule has 0 saturated carbocycles. The molecule has 9 heteroatoms. The molecule has 0 aliphatic heterocycles. The van der Waals surface area contributed by atoms with Gasteiger partial charge in [-0.15, -0.1) is 0 Å². The molecule has 0 bridgehead atoms. The van der Waals surface area contributed by atoms with E-state index in [2.05, 4.69) is 34.6 Å². The fraction of sp³-hybridized carbons (Fsp3) is 1.00. The number of hydrogen-bond acceptors (Lipinski definition) is 7. The fourth-order valence-electron chi connectivity index (χ4n) is 2.63. The smallest absolute Gasteiger partial charge is 0.267 e. The molecular weight excluding hydrogens is 527 g/mol. The minimum Gasteiger partial charge on any atom is -0.756 e. The van der Waals surface area contributed by atoms with Crippen LogP contribution in [0.1, 0.15) is 150 Å². The molecule has 0 aromatic heterocycles. The minimum atomic E-state index is -4.07. The molecule has 228 valence electrons. The molecule has 0 fully saturated rings. The van der Waals surface area contributed by atoms with Crippen molar-refractivity contribution in [2.45, 2.75) is 150 Å². The summed E-state index contributed by atoms with van der Waals surface area (Å²) in [6.45, 7) is 12.1. The summed E-state index contributed by atoms with van der Waals surface area (Å²) in [6, 6.07) is 0. The van der Waals surface area contributed by atoms with E-state index in [0.29, 0.717) is 19.8 Å². The van der Waals surface area contributed by atoms with Gasteiger partial charge in [-0.3, -0.25) is 4.57 Å². The van der Waals surface area contributed by atoms with Gasteiger partial charge in [0, 0.05) is 41.5 Å². The van der Waals surface area contributed by atoms with E-state index in [-0.39, 0.29) is 34.9 Å². The maximum absolute atomic E-state index is 11.5. The third-order valence-electron chi connectivity index (χ3n) is 5.03. The second-order valence-electron chi connectivity index (χ2n) is 8.88. The third-order valence-corrected chi connectivity index (χ3v) is 6.03. The van der Waals surface area contributed by atoms with Gasteiger partial charge in [0.25, 0.3) is 7.82 Å². The predicted octanol–water partition coefficient (Wildman–Crippen LogP) is 7.54. The van der Waals surface area contributed by atoms with E-state index in [1.807, 2.05) is 0 Å². The van der Waals surface area contributed by atoms with E-state index < -0.39 is 7.82 Å². The van der Waals surface area contributed by atoms with E-state index in [0.717, 1.165) is 77.0 Å². The Bertz CT molecular complexity index is 349. The molecular formula is C28H64O7PTi-. The monoisotopic (exact) mass is 591 g/mol. The number of aliphatic hydroxyl groups excluding tert-OH is 3. The second-order valence-corrected chi connectivity index (χ2v) is 10.3. The molecule has 0 rings (SSSR count). The minimum absolute atomic E-state index is 0. The van der Waals surface area contributed by atoms with Crippen molar-refractivity contribution < 1.29 is 55.5 Å². The van der Waals surface area contributed by atoms with E-state index >= 15 is 0 Å². The standard InChI is InChI=1S/C16H35O4P.3C4H10O.Ti/c1-3-5-7-9-11-13-15-19-21(17,18)20-16-14-12-10-8-6-4-2;3*1-2-3-4-5;/h3-16H2,1-2H3,(H,17,18);3*5H,2-4H2,1H3;/p-1. The second kappa shape index (κ2) is 46.6. The summed E-state index contributed by atoms with van der Waals surface area (Å²) in [5.74, 6) is 0. The molecule has 0 amide bonds. The normalized spacial score (nSPS) is 10.2. The van der Waals surface area contributed by atoms with Gasteiger partial charge in [0.1, 0.15) is 0 Å². The van der Waals surface area contributed by atoms with Gasteiger partial charge in [-0.25, -0.2) is 0 Å². The molecule has 0 radical (unpaired) electrons. The van der Waals surface area contributed by atoms with Crippen molar-refractivity contribution in [3.05, 3.63) is 0 Å². The molecule has 0 saturated heterocycles. The number of phosphoric acid groups is 1. The van der Waals surface area contributed by atoms with Crippen molar-refractivity contribution in [1.82, 2.24) is 0 Å². The van der Waals surface area contributed by atoms with Gasteiger partial charge in [-0.2, -0.15) is 0 Å². The van der Waals surface area contributed by atoms with Crippen LogP contribution in [0.15, 0.2) is 0 Å². The first-order valence-corrected chi connectivity index (χ1v) is 16.3. The maximum Gasteiger partial charge on any atom is 0.267 e. The molecule has 0 aromatic rings. The van der Waals surface area contributed by atoms with E-state index in [9.17, 15) is 9.46 Å². The molecule has 0 aromatic carbocycles. The molecule has 0 atom stereocenters. The van der Waals surface area contributed by atoms with Crippen molar-refractivity contribution in [2.24, 2.45) is 0 Å². The summed E-state index contributed by atoms with van der Waals surface area (Å²) >= 11 is 0. The van der Waals surface area contributed by atoms with Crippen LogP contribution in [0.5, 0.6) is 0 Å². The first-order chi connectivity index (χ1) is 17.4. The van der Waals surface area contributed by atoms with Gasteiger partial charge >= 0.3 is 0 Å². The van der Waals surface area contributed by atoms with E-state index in [4.69, 9.17) is 24.4 Å². The van der Waals surface area contributed by atoms with Gasteiger partial charge in [-0.1, -0.05) is 118 Å². The number of aliphatic hydroxyl groups is 3. The molecule has 0 spiro atoms. The summed E-state index contributed by atoms with van der Waals surface area (Å²) in [6.07, 6.45) is 19.4. The predicted molar refractivity (Wildman–Crippen MR) is 152 cm³/mol. The summed E-state index contributed by atoms with van der Waals surface area (Å²) in [7, 11) is -4.07. The fourth-order valence-corrected chi connectivity index (χ4v) is 3.41. The number of rotatable bonds is 22. The van der Waals surface area contributed by atoms with E-state index in [1.54, 1.807) is 0 Å². The van der Waals surface area contributed by atoms with Crippen LogP contribution < -0.4 is 4.89 Å². The van der Waals surface area contributed by atoms with Gasteiger partial charge in [0.2, 0.25) is 0 Å². The Morgan fingerprint density at radius 3 is 0.946 bits per heavy atom. The largest absolute Gasteiger partial charge is 0.756 e. The van der Waals surface area contributed by atoms with Crippen LogP contribution in [0.3, 0.4) is 0 Å². The van der Waals surface area contributed by atoms with Crippen molar-refractivity contribution in [3.8, 4) is 0 Å². The van der Waals surface area contributed by atoms with Gasteiger partial charge < -0.3 is 29.3 Å². The quantitative estimate of drug-likeness (QED) is 0.0676.